The number of nitrogens with one attached hydrogen (secondary N) is 1. The Morgan fingerprint density at radius 2 is 1.95 bits per heavy atom. The summed E-state index contributed by atoms with van der Waals surface area (Å²) in [7, 11) is 1.97. The van der Waals surface area contributed by atoms with Gasteiger partial charge in [-0.3, -0.25) is 4.98 Å². The number of nitrogens with zero attached hydrogens (tertiary/aromatic N) is 5. The third kappa shape index (κ3) is 6.67. The zero-order chi connectivity index (χ0) is 30.6. The zero-order valence-corrected chi connectivity index (χ0v) is 24.0. The summed E-state index contributed by atoms with van der Waals surface area (Å²) in [6.45, 7) is 4.59. The maximum absolute atomic E-state index is 13.3. The summed E-state index contributed by atoms with van der Waals surface area (Å²) in [5.41, 5.74) is 0.832. The Bertz CT molecular complexity index is 1480. The highest BCUT2D eigenvalue weighted by Gasteiger charge is 2.40. The quantitative estimate of drug-likeness (QED) is 0.390. The number of alkyl halides is 3. The summed E-state index contributed by atoms with van der Waals surface area (Å²) >= 11 is 0. The van der Waals surface area contributed by atoms with Crippen molar-refractivity contribution in [2.75, 3.05) is 44.7 Å². The molecule has 0 aliphatic carbocycles. The first-order chi connectivity index (χ1) is 20.6. The maximum Gasteiger partial charge on any atom is 0.416 e. The first kappa shape index (κ1) is 30.1. The number of likely N-dealkylation sites (N-methyl/N-ethyl adjacent to an activating group) is 1. The van der Waals surface area contributed by atoms with E-state index in [1.807, 2.05) is 43.1 Å². The molecule has 2 aliphatic heterocycles. The van der Waals surface area contributed by atoms with Gasteiger partial charge in [-0.2, -0.15) is 18.4 Å². The second kappa shape index (κ2) is 12.5. The fraction of sp³-hybridized carbons (Fsp3) is 0.419. The number of likely N-dealkylation sites (tertiary alicyclic amines) is 1. The highest BCUT2D eigenvalue weighted by molar-refractivity contribution is 5.70. The van der Waals surface area contributed by atoms with Gasteiger partial charge in [-0.25, -0.2) is 9.78 Å². The molecule has 2 saturated heterocycles. The van der Waals surface area contributed by atoms with E-state index in [4.69, 9.17) is 9.47 Å². The van der Waals surface area contributed by atoms with Crippen LogP contribution in [0.4, 0.5) is 23.7 Å². The SMILES string of the molecule is CCOc1ncccc1-c1ccc(C2(NC(=O)O[C@@H]3CCN(C)C3)CCN(c3ccc(C(F)(F)F)cc3C#N)CC2)cn1. The normalized spacial score (nSPS) is 18.6. The van der Waals surface area contributed by atoms with Crippen molar-refractivity contribution in [2.24, 2.45) is 0 Å². The molecular weight excluding hydrogens is 561 g/mol. The summed E-state index contributed by atoms with van der Waals surface area (Å²) in [4.78, 5) is 26.1. The lowest BCUT2D eigenvalue weighted by molar-refractivity contribution is -0.137. The van der Waals surface area contributed by atoms with E-state index >= 15 is 0 Å². The molecule has 0 saturated carbocycles. The molecule has 226 valence electrons. The molecule has 0 spiro atoms. The molecule has 2 aliphatic rings. The number of ether oxygens (including phenoxy) is 2. The van der Waals surface area contributed by atoms with E-state index in [0.717, 1.165) is 36.2 Å². The Labute approximate surface area is 248 Å². The van der Waals surface area contributed by atoms with Gasteiger partial charge in [-0.05, 0) is 75.2 Å². The maximum atomic E-state index is 13.3. The number of aromatic nitrogens is 2. The Kier molecular flexibility index (Phi) is 8.73. The van der Waals surface area contributed by atoms with E-state index in [1.54, 1.807) is 18.5 Å². The van der Waals surface area contributed by atoms with Crippen molar-refractivity contribution < 1.29 is 27.4 Å². The van der Waals surface area contributed by atoms with Crippen LogP contribution in [0.1, 0.15) is 42.9 Å². The summed E-state index contributed by atoms with van der Waals surface area (Å²) in [6.07, 6.45) is -0.343. The standard InChI is InChI=1S/C31H33F3N6O3/c1-3-42-28-25(5-4-13-36-28)26-8-6-23(19-37-26)30(38-29(41)43-24-10-14-39(2)20-24)11-15-40(16-12-30)27-9-7-22(31(32,33)34)17-21(27)18-35/h4-9,13,17,19,24H,3,10-12,14-16,20H2,1-2H3,(H,38,41)/t24-/m1/s1. The van der Waals surface area contributed by atoms with E-state index < -0.39 is 23.4 Å². The lowest BCUT2D eigenvalue weighted by Gasteiger charge is -2.43. The van der Waals surface area contributed by atoms with Gasteiger partial charge < -0.3 is 24.6 Å². The number of hydrogen-bond donors (Lipinski definition) is 1. The van der Waals surface area contributed by atoms with Gasteiger partial charge in [-0.1, -0.05) is 6.07 Å². The molecule has 1 aromatic carbocycles. The third-order valence-corrected chi connectivity index (χ3v) is 8.01. The van der Waals surface area contributed by atoms with E-state index in [1.165, 1.54) is 6.07 Å². The van der Waals surface area contributed by atoms with Crippen molar-refractivity contribution in [3.05, 3.63) is 71.5 Å². The average molecular weight is 595 g/mol. The van der Waals surface area contributed by atoms with Crippen LogP contribution >= 0.6 is 0 Å². The van der Waals surface area contributed by atoms with Crippen molar-refractivity contribution in [3.8, 4) is 23.2 Å². The molecule has 1 amide bonds. The molecule has 0 bridgehead atoms. The number of rotatable bonds is 7. The number of benzene rings is 1. The minimum Gasteiger partial charge on any atom is -0.477 e. The predicted octanol–water partition coefficient (Wildman–Crippen LogP) is 5.36. The molecule has 0 unspecified atom stereocenters. The molecular formula is C31H33F3N6O3. The first-order valence-corrected chi connectivity index (χ1v) is 14.2. The minimum atomic E-state index is -4.54. The molecule has 1 atom stereocenters. The van der Waals surface area contributed by atoms with Crippen molar-refractivity contribution in [3.63, 3.8) is 0 Å². The van der Waals surface area contributed by atoms with Crippen LogP contribution in [0.3, 0.4) is 0 Å². The van der Waals surface area contributed by atoms with Gasteiger partial charge >= 0.3 is 12.3 Å². The summed E-state index contributed by atoms with van der Waals surface area (Å²) in [5.74, 6) is 0.473. The zero-order valence-electron chi connectivity index (χ0n) is 24.0. The largest absolute Gasteiger partial charge is 0.477 e. The van der Waals surface area contributed by atoms with Crippen molar-refractivity contribution in [1.29, 1.82) is 5.26 Å². The number of amides is 1. The van der Waals surface area contributed by atoms with E-state index in [-0.39, 0.29) is 11.7 Å². The second-order valence-electron chi connectivity index (χ2n) is 10.8. The van der Waals surface area contributed by atoms with Crippen molar-refractivity contribution in [1.82, 2.24) is 20.2 Å². The number of nitriles is 1. The Morgan fingerprint density at radius 1 is 1.16 bits per heavy atom. The van der Waals surface area contributed by atoms with Crippen LogP contribution in [0, 0.1) is 11.3 Å². The number of anilines is 1. The van der Waals surface area contributed by atoms with Crippen LogP contribution in [0.2, 0.25) is 0 Å². The molecule has 1 N–H and O–H groups in total. The molecule has 5 rings (SSSR count). The first-order valence-electron chi connectivity index (χ1n) is 14.2. The molecule has 3 aromatic rings. The molecule has 9 nitrogen and oxygen atoms in total. The van der Waals surface area contributed by atoms with E-state index in [2.05, 4.69) is 20.2 Å². The van der Waals surface area contributed by atoms with Gasteiger partial charge in [0.15, 0.2) is 0 Å². The van der Waals surface area contributed by atoms with Crippen LogP contribution in [0.15, 0.2) is 54.9 Å². The fourth-order valence-electron chi connectivity index (χ4n) is 5.73. The van der Waals surface area contributed by atoms with Crippen LogP contribution in [0.25, 0.3) is 11.3 Å². The lowest BCUT2D eigenvalue weighted by atomic mass is 9.81. The topological polar surface area (TPSA) is 104 Å². The molecule has 2 fully saturated rings. The summed E-state index contributed by atoms with van der Waals surface area (Å²) in [5, 5.41) is 12.7. The van der Waals surface area contributed by atoms with Gasteiger partial charge in [0.1, 0.15) is 12.2 Å². The van der Waals surface area contributed by atoms with Crippen LogP contribution in [-0.2, 0) is 16.5 Å². The Morgan fingerprint density at radius 3 is 2.58 bits per heavy atom. The number of piperidine rings is 1. The van der Waals surface area contributed by atoms with Gasteiger partial charge in [0.2, 0.25) is 5.88 Å². The predicted molar refractivity (Wildman–Crippen MR) is 153 cm³/mol. The number of carbonyl (C=O) groups is 1. The minimum absolute atomic E-state index is 0.0485. The van der Waals surface area contributed by atoms with Crippen LogP contribution in [-0.4, -0.2) is 66.9 Å². The number of hydrogen-bond acceptors (Lipinski definition) is 8. The van der Waals surface area contributed by atoms with Gasteiger partial charge in [0.05, 0.1) is 40.2 Å². The van der Waals surface area contributed by atoms with E-state index in [0.29, 0.717) is 56.3 Å². The van der Waals surface area contributed by atoms with Crippen LogP contribution in [0.5, 0.6) is 5.88 Å². The Balaban J connectivity index is 1.41. The molecule has 12 heteroatoms. The monoisotopic (exact) mass is 594 g/mol. The summed E-state index contributed by atoms with van der Waals surface area (Å²) in [6, 6.07) is 12.6. The fourth-order valence-corrected chi connectivity index (χ4v) is 5.73. The Hall–Kier alpha value is -4.37. The molecule has 0 radical (unpaired) electrons. The number of pyridine rings is 2. The molecule has 2 aromatic heterocycles. The summed E-state index contributed by atoms with van der Waals surface area (Å²) < 4.78 is 51.2. The highest BCUT2D eigenvalue weighted by Crippen LogP contribution is 2.38. The van der Waals surface area contributed by atoms with E-state index in [9.17, 15) is 23.2 Å². The smallest absolute Gasteiger partial charge is 0.416 e. The van der Waals surface area contributed by atoms with Crippen LogP contribution < -0.4 is 15.0 Å². The van der Waals surface area contributed by atoms with Gasteiger partial charge in [-0.15, -0.1) is 0 Å². The third-order valence-electron chi connectivity index (χ3n) is 8.01. The van der Waals surface area contributed by atoms with Crippen molar-refractivity contribution in [2.45, 2.75) is 44.0 Å². The lowest BCUT2D eigenvalue weighted by Crippen LogP contribution is -2.54. The average Bonchev–Trinajstić information content (AvgIpc) is 3.41. The van der Waals surface area contributed by atoms with Gasteiger partial charge in [0.25, 0.3) is 0 Å². The molecule has 43 heavy (non-hydrogen) atoms. The number of alkyl carbamates (subject to hydrolysis) is 1. The highest BCUT2D eigenvalue weighted by atomic mass is 19.4. The molecule has 4 heterocycles. The number of carbonyl (C=O) groups excluding carboxylic acids is 1. The van der Waals surface area contributed by atoms with Crippen molar-refractivity contribution >= 4 is 11.8 Å². The van der Waals surface area contributed by atoms with Gasteiger partial charge in [0, 0.05) is 38.6 Å². The number of halogens is 3. The second-order valence-corrected chi connectivity index (χ2v) is 10.8.